The van der Waals surface area contributed by atoms with E-state index in [1.165, 1.54) is 43.3 Å². The normalized spacial score (nSPS) is 10.7. The van der Waals surface area contributed by atoms with E-state index in [1.807, 2.05) is 6.07 Å². The Morgan fingerprint density at radius 2 is 2.11 bits per heavy atom. The van der Waals surface area contributed by atoms with Gasteiger partial charge in [-0.2, -0.15) is 5.26 Å². The lowest BCUT2D eigenvalue weighted by Crippen LogP contribution is -2.36. The van der Waals surface area contributed by atoms with E-state index in [9.17, 15) is 13.2 Å². The summed E-state index contributed by atoms with van der Waals surface area (Å²) in [5.74, 6) is -0.352. The van der Waals surface area contributed by atoms with Gasteiger partial charge in [-0.15, -0.1) is 0 Å². The minimum Gasteiger partial charge on any atom is -0.348 e. The maximum Gasteiger partial charge on any atom is 0.241 e. The molecule has 1 amide bonds. The monoisotopic (exact) mass is 267 g/mol. The largest absolute Gasteiger partial charge is 0.348 e. The van der Waals surface area contributed by atoms with Gasteiger partial charge < -0.3 is 4.90 Å². The van der Waals surface area contributed by atoms with Crippen LogP contribution in [0.1, 0.15) is 5.56 Å². The van der Waals surface area contributed by atoms with Crippen molar-refractivity contribution in [2.45, 2.75) is 4.90 Å². The van der Waals surface area contributed by atoms with Crippen molar-refractivity contribution >= 4 is 15.9 Å². The minimum atomic E-state index is -3.77. The molecule has 0 unspecified atom stereocenters. The zero-order valence-electron chi connectivity index (χ0n) is 10.0. The smallest absolute Gasteiger partial charge is 0.241 e. The highest BCUT2D eigenvalue weighted by Gasteiger charge is 2.16. The molecule has 0 spiro atoms. The Balaban J connectivity index is 2.87. The van der Waals surface area contributed by atoms with E-state index in [0.29, 0.717) is 0 Å². The second kappa shape index (κ2) is 5.62. The second-order valence-electron chi connectivity index (χ2n) is 3.75. The summed E-state index contributed by atoms with van der Waals surface area (Å²) >= 11 is 0. The van der Waals surface area contributed by atoms with E-state index < -0.39 is 10.0 Å². The lowest BCUT2D eigenvalue weighted by Gasteiger charge is -2.11. The van der Waals surface area contributed by atoms with Crippen molar-refractivity contribution in [3.8, 4) is 6.07 Å². The summed E-state index contributed by atoms with van der Waals surface area (Å²) in [6, 6.07) is 7.45. The molecule has 0 radical (unpaired) electrons. The van der Waals surface area contributed by atoms with Crippen molar-refractivity contribution in [3.05, 3.63) is 29.8 Å². The lowest BCUT2D eigenvalue weighted by molar-refractivity contribution is -0.127. The third-order valence-corrected chi connectivity index (χ3v) is 3.58. The zero-order valence-corrected chi connectivity index (χ0v) is 10.9. The number of benzene rings is 1. The summed E-state index contributed by atoms with van der Waals surface area (Å²) in [4.78, 5) is 12.5. The van der Waals surface area contributed by atoms with Gasteiger partial charge in [-0.25, -0.2) is 13.1 Å². The zero-order chi connectivity index (χ0) is 13.8. The van der Waals surface area contributed by atoms with Gasteiger partial charge in [0.15, 0.2) is 0 Å². The van der Waals surface area contributed by atoms with Crippen LogP contribution in [0.5, 0.6) is 0 Å². The summed E-state index contributed by atoms with van der Waals surface area (Å²) in [5, 5.41) is 8.69. The first-order valence-electron chi connectivity index (χ1n) is 5.07. The van der Waals surface area contributed by atoms with E-state index in [1.54, 1.807) is 0 Å². The van der Waals surface area contributed by atoms with Crippen LogP contribution in [0, 0.1) is 11.3 Å². The molecule has 0 fully saturated rings. The Labute approximate surface area is 106 Å². The molecule has 0 saturated heterocycles. The summed E-state index contributed by atoms with van der Waals surface area (Å²) < 4.78 is 25.9. The van der Waals surface area contributed by atoms with Gasteiger partial charge in [0.1, 0.15) is 0 Å². The standard InChI is InChI=1S/C11H13N3O3S/c1-14(2)11(15)8-13-18(16,17)10-5-3-4-9(6-10)7-12/h3-6,13H,8H2,1-2H3. The van der Waals surface area contributed by atoms with Crippen LogP contribution in [0.15, 0.2) is 29.2 Å². The van der Waals surface area contributed by atoms with Crippen LogP contribution in [0.4, 0.5) is 0 Å². The first-order valence-corrected chi connectivity index (χ1v) is 6.55. The van der Waals surface area contributed by atoms with Gasteiger partial charge in [0, 0.05) is 14.1 Å². The number of nitrogens with zero attached hydrogens (tertiary/aromatic N) is 2. The van der Waals surface area contributed by atoms with Crippen molar-refractivity contribution in [3.63, 3.8) is 0 Å². The van der Waals surface area contributed by atoms with Crippen molar-refractivity contribution < 1.29 is 13.2 Å². The summed E-state index contributed by atoms with van der Waals surface area (Å²) in [7, 11) is -0.701. The fourth-order valence-corrected chi connectivity index (χ4v) is 2.15. The van der Waals surface area contributed by atoms with E-state index in [-0.39, 0.29) is 22.9 Å². The van der Waals surface area contributed by atoms with Crippen LogP contribution in [0.25, 0.3) is 0 Å². The molecule has 18 heavy (non-hydrogen) atoms. The number of likely N-dealkylation sites (N-methyl/N-ethyl adjacent to an activating group) is 1. The Hall–Kier alpha value is -1.91. The molecule has 0 atom stereocenters. The quantitative estimate of drug-likeness (QED) is 0.826. The van der Waals surface area contributed by atoms with Gasteiger partial charge in [0.2, 0.25) is 15.9 Å². The van der Waals surface area contributed by atoms with Crippen molar-refractivity contribution in [1.82, 2.24) is 9.62 Å². The molecule has 0 aliphatic heterocycles. The summed E-state index contributed by atoms with van der Waals surface area (Å²) in [6.07, 6.45) is 0. The van der Waals surface area contributed by atoms with Gasteiger partial charge in [-0.1, -0.05) is 6.07 Å². The average molecular weight is 267 g/mol. The molecule has 96 valence electrons. The van der Waals surface area contributed by atoms with Crippen molar-refractivity contribution in [2.75, 3.05) is 20.6 Å². The number of hydrogen-bond acceptors (Lipinski definition) is 4. The summed E-state index contributed by atoms with van der Waals surface area (Å²) in [5.41, 5.74) is 0.247. The molecule has 1 N–H and O–H groups in total. The number of nitriles is 1. The number of sulfonamides is 1. The van der Waals surface area contributed by atoms with Crippen LogP contribution < -0.4 is 4.72 Å². The molecule has 0 saturated carbocycles. The predicted molar refractivity (Wildman–Crippen MR) is 65.0 cm³/mol. The third-order valence-electron chi connectivity index (χ3n) is 2.19. The third kappa shape index (κ3) is 3.55. The van der Waals surface area contributed by atoms with E-state index in [4.69, 9.17) is 5.26 Å². The highest BCUT2D eigenvalue weighted by Crippen LogP contribution is 2.10. The molecule has 7 heteroatoms. The van der Waals surface area contributed by atoms with Gasteiger partial charge >= 0.3 is 0 Å². The topological polar surface area (TPSA) is 90.3 Å². The summed E-state index contributed by atoms with van der Waals surface area (Å²) in [6.45, 7) is -0.313. The van der Waals surface area contributed by atoms with E-state index in [2.05, 4.69) is 4.72 Å². The molecular weight excluding hydrogens is 254 g/mol. The SMILES string of the molecule is CN(C)C(=O)CNS(=O)(=O)c1cccc(C#N)c1. The Kier molecular flexibility index (Phi) is 4.42. The maximum atomic E-state index is 11.8. The number of rotatable bonds is 4. The fraction of sp³-hybridized carbons (Fsp3) is 0.273. The Bertz CT molecular complexity index is 588. The van der Waals surface area contributed by atoms with E-state index >= 15 is 0 Å². The Morgan fingerprint density at radius 3 is 2.67 bits per heavy atom. The minimum absolute atomic E-state index is 0.0342. The molecule has 1 aromatic carbocycles. The lowest BCUT2D eigenvalue weighted by atomic mass is 10.2. The number of carbonyl (C=O) groups excluding carboxylic acids is 1. The van der Waals surface area contributed by atoms with Crippen LogP contribution >= 0.6 is 0 Å². The number of carbonyl (C=O) groups is 1. The van der Waals surface area contributed by atoms with Crippen LogP contribution in [-0.4, -0.2) is 39.9 Å². The Morgan fingerprint density at radius 1 is 1.44 bits per heavy atom. The van der Waals surface area contributed by atoms with Gasteiger partial charge in [-0.3, -0.25) is 4.79 Å². The van der Waals surface area contributed by atoms with Gasteiger partial charge in [0.05, 0.1) is 23.1 Å². The first kappa shape index (κ1) is 14.2. The molecular formula is C11H13N3O3S. The molecule has 0 aliphatic carbocycles. The van der Waals surface area contributed by atoms with Crippen LogP contribution in [0.3, 0.4) is 0 Å². The highest BCUT2D eigenvalue weighted by molar-refractivity contribution is 7.89. The van der Waals surface area contributed by atoms with Gasteiger partial charge in [-0.05, 0) is 18.2 Å². The highest BCUT2D eigenvalue weighted by atomic mass is 32.2. The van der Waals surface area contributed by atoms with Crippen molar-refractivity contribution in [2.24, 2.45) is 0 Å². The molecule has 0 aliphatic rings. The van der Waals surface area contributed by atoms with Gasteiger partial charge in [0.25, 0.3) is 0 Å². The van der Waals surface area contributed by atoms with Crippen molar-refractivity contribution in [1.29, 1.82) is 5.26 Å². The molecule has 6 nitrogen and oxygen atoms in total. The number of nitrogens with one attached hydrogen (secondary N) is 1. The second-order valence-corrected chi connectivity index (χ2v) is 5.52. The van der Waals surface area contributed by atoms with Crippen LogP contribution in [0.2, 0.25) is 0 Å². The average Bonchev–Trinajstić information content (AvgIpc) is 2.36. The van der Waals surface area contributed by atoms with Crippen LogP contribution in [-0.2, 0) is 14.8 Å². The molecule has 0 heterocycles. The molecule has 0 bridgehead atoms. The number of amides is 1. The molecule has 1 rings (SSSR count). The predicted octanol–water partition coefficient (Wildman–Crippen LogP) is -0.0752. The maximum absolute atomic E-state index is 11.8. The molecule has 0 aromatic heterocycles. The fourth-order valence-electron chi connectivity index (χ4n) is 1.13. The van der Waals surface area contributed by atoms with E-state index in [0.717, 1.165) is 0 Å². The number of hydrogen-bond donors (Lipinski definition) is 1. The first-order chi connectivity index (χ1) is 8.36. The molecule has 1 aromatic rings.